The Morgan fingerprint density at radius 1 is 0.853 bits per heavy atom. The Morgan fingerprint density at radius 2 is 1.50 bits per heavy atom. The van der Waals surface area contributed by atoms with Crippen LogP contribution >= 0.6 is 34.8 Å². The summed E-state index contributed by atoms with van der Waals surface area (Å²) >= 11 is 18.2. The van der Waals surface area contributed by atoms with E-state index in [-0.39, 0.29) is 11.4 Å². The maximum absolute atomic E-state index is 13.8. The van der Waals surface area contributed by atoms with Crippen LogP contribution in [0.5, 0.6) is 0 Å². The van der Waals surface area contributed by atoms with E-state index in [0.717, 1.165) is 15.4 Å². The first-order valence-corrected chi connectivity index (χ1v) is 13.0. The number of carbonyl (C=O) groups excluding carboxylic acids is 1. The minimum Gasteiger partial charge on any atom is -0.325 e. The van der Waals surface area contributed by atoms with Gasteiger partial charge in [0.25, 0.3) is 0 Å². The molecule has 0 aliphatic carbocycles. The number of nitrogens with zero attached hydrogens (tertiary/aromatic N) is 1. The maximum Gasteiger partial charge on any atom is 0.244 e. The molecule has 0 bridgehead atoms. The SMILES string of the molecule is Cc1cc(C)c(S(=O)(=O)N(CC(=O)Nc2cc(Cl)ccc2C)Cc2ccc(Cl)c(Cl)c2)c(C)c1. The highest BCUT2D eigenvalue weighted by atomic mass is 35.5. The van der Waals surface area contributed by atoms with Crippen LogP contribution in [0.3, 0.4) is 0 Å². The highest BCUT2D eigenvalue weighted by molar-refractivity contribution is 7.89. The number of benzene rings is 3. The number of rotatable bonds is 7. The first-order chi connectivity index (χ1) is 15.9. The Morgan fingerprint density at radius 3 is 2.12 bits per heavy atom. The van der Waals surface area contributed by atoms with Crippen LogP contribution in [0.1, 0.15) is 27.8 Å². The highest BCUT2D eigenvalue weighted by Crippen LogP contribution is 2.29. The Hall–Kier alpha value is -2.09. The zero-order valence-electron chi connectivity index (χ0n) is 19.2. The molecule has 1 amide bonds. The van der Waals surface area contributed by atoms with Gasteiger partial charge in [0, 0.05) is 17.3 Å². The summed E-state index contributed by atoms with van der Waals surface area (Å²) in [5.41, 5.74) is 4.12. The molecule has 0 unspecified atom stereocenters. The lowest BCUT2D eigenvalue weighted by molar-refractivity contribution is -0.116. The summed E-state index contributed by atoms with van der Waals surface area (Å²) in [7, 11) is -4.04. The predicted octanol–water partition coefficient (Wildman–Crippen LogP) is 6.71. The Balaban J connectivity index is 2.00. The second-order valence-corrected chi connectivity index (χ2v) is 11.4. The lowest BCUT2D eigenvalue weighted by Crippen LogP contribution is -2.38. The van der Waals surface area contributed by atoms with Crippen molar-refractivity contribution < 1.29 is 13.2 Å². The van der Waals surface area contributed by atoms with Crippen LogP contribution in [0.2, 0.25) is 15.1 Å². The summed E-state index contributed by atoms with van der Waals surface area (Å²) in [6.07, 6.45) is 0. The summed E-state index contributed by atoms with van der Waals surface area (Å²) in [6, 6.07) is 13.6. The number of hydrogen-bond acceptors (Lipinski definition) is 3. The highest BCUT2D eigenvalue weighted by Gasteiger charge is 2.30. The largest absolute Gasteiger partial charge is 0.325 e. The quantitative estimate of drug-likeness (QED) is 0.363. The minimum atomic E-state index is -4.04. The summed E-state index contributed by atoms with van der Waals surface area (Å²) in [5, 5.41) is 3.90. The van der Waals surface area contributed by atoms with Crippen molar-refractivity contribution in [3.63, 3.8) is 0 Å². The van der Waals surface area contributed by atoms with E-state index in [1.165, 1.54) is 0 Å². The van der Waals surface area contributed by atoms with Gasteiger partial charge < -0.3 is 5.32 Å². The second-order valence-electron chi connectivity index (χ2n) is 8.26. The van der Waals surface area contributed by atoms with Crippen molar-refractivity contribution in [2.75, 3.05) is 11.9 Å². The van der Waals surface area contributed by atoms with E-state index < -0.39 is 22.5 Å². The molecular formula is C25H25Cl3N2O3S. The van der Waals surface area contributed by atoms with Gasteiger partial charge in [-0.3, -0.25) is 4.79 Å². The number of amides is 1. The number of sulfonamides is 1. The number of anilines is 1. The topological polar surface area (TPSA) is 66.5 Å². The zero-order valence-corrected chi connectivity index (χ0v) is 22.3. The fraction of sp³-hybridized carbons (Fsp3) is 0.240. The van der Waals surface area contributed by atoms with Crippen molar-refractivity contribution in [3.05, 3.63) is 91.4 Å². The molecule has 9 heteroatoms. The molecule has 3 rings (SSSR count). The fourth-order valence-electron chi connectivity index (χ4n) is 3.85. The molecule has 0 aromatic heterocycles. The Bertz CT molecular complexity index is 1330. The van der Waals surface area contributed by atoms with Gasteiger partial charge in [-0.1, -0.05) is 64.6 Å². The van der Waals surface area contributed by atoms with Crippen molar-refractivity contribution in [2.24, 2.45) is 0 Å². The molecule has 0 fully saturated rings. The van der Waals surface area contributed by atoms with E-state index in [1.807, 2.05) is 26.0 Å². The van der Waals surface area contributed by atoms with Gasteiger partial charge in [0.1, 0.15) is 0 Å². The van der Waals surface area contributed by atoms with E-state index in [1.54, 1.807) is 50.2 Å². The molecule has 0 aliphatic heterocycles. The van der Waals surface area contributed by atoms with E-state index >= 15 is 0 Å². The molecule has 34 heavy (non-hydrogen) atoms. The number of carbonyl (C=O) groups is 1. The molecule has 0 heterocycles. The third kappa shape index (κ3) is 6.12. The molecule has 0 aliphatic rings. The molecule has 0 atom stereocenters. The zero-order chi connectivity index (χ0) is 25.2. The van der Waals surface area contributed by atoms with Crippen molar-refractivity contribution in [2.45, 2.75) is 39.1 Å². The maximum atomic E-state index is 13.8. The summed E-state index contributed by atoms with van der Waals surface area (Å²) in [5.74, 6) is -0.489. The average Bonchev–Trinajstić information content (AvgIpc) is 2.72. The van der Waals surface area contributed by atoms with Crippen molar-refractivity contribution in [3.8, 4) is 0 Å². The van der Waals surface area contributed by atoms with Crippen molar-refractivity contribution in [1.29, 1.82) is 0 Å². The van der Waals surface area contributed by atoms with E-state index in [9.17, 15) is 13.2 Å². The van der Waals surface area contributed by atoms with Crippen LogP contribution in [0.15, 0.2) is 53.4 Å². The van der Waals surface area contributed by atoms with Crippen LogP contribution in [0.25, 0.3) is 0 Å². The molecule has 3 aromatic carbocycles. The molecule has 0 saturated heterocycles. The lowest BCUT2D eigenvalue weighted by Gasteiger charge is -2.24. The standard InChI is InChI=1S/C25H25Cl3N2O3S/c1-15-9-17(3)25(18(4)10-15)34(32,33)30(13-19-6-8-21(27)22(28)11-19)14-24(31)29-23-12-20(26)7-5-16(23)2/h5-12H,13-14H2,1-4H3,(H,29,31). The Kier molecular flexibility index (Phi) is 8.32. The van der Waals surface area contributed by atoms with Crippen LogP contribution < -0.4 is 5.32 Å². The average molecular weight is 540 g/mol. The summed E-state index contributed by atoms with van der Waals surface area (Å²) in [4.78, 5) is 13.2. The van der Waals surface area contributed by atoms with Gasteiger partial charge in [0.2, 0.25) is 15.9 Å². The van der Waals surface area contributed by atoms with Gasteiger partial charge in [0.05, 0.1) is 21.5 Å². The molecule has 180 valence electrons. The van der Waals surface area contributed by atoms with Crippen LogP contribution in [0.4, 0.5) is 5.69 Å². The first-order valence-electron chi connectivity index (χ1n) is 10.5. The van der Waals surface area contributed by atoms with Crippen LogP contribution in [-0.4, -0.2) is 25.2 Å². The summed E-state index contributed by atoms with van der Waals surface area (Å²) < 4.78 is 28.8. The third-order valence-electron chi connectivity index (χ3n) is 5.34. The van der Waals surface area contributed by atoms with Gasteiger partial charge in [-0.2, -0.15) is 4.31 Å². The van der Waals surface area contributed by atoms with Crippen LogP contribution in [0, 0.1) is 27.7 Å². The van der Waals surface area contributed by atoms with Crippen molar-refractivity contribution in [1.82, 2.24) is 4.31 Å². The number of nitrogens with one attached hydrogen (secondary N) is 1. The first kappa shape index (κ1) is 26.5. The molecule has 5 nitrogen and oxygen atoms in total. The van der Waals surface area contributed by atoms with E-state index in [4.69, 9.17) is 34.8 Å². The van der Waals surface area contributed by atoms with E-state index in [0.29, 0.717) is 37.4 Å². The molecule has 0 radical (unpaired) electrons. The van der Waals surface area contributed by atoms with Gasteiger partial charge in [-0.25, -0.2) is 8.42 Å². The molecule has 1 N–H and O–H groups in total. The van der Waals surface area contributed by atoms with Crippen molar-refractivity contribution >= 4 is 56.4 Å². The van der Waals surface area contributed by atoms with E-state index in [2.05, 4.69) is 5.32 Å². The number of aryl methyl sites for hydroxylation is 4. The number of halogens is 3. The van der Waals surface area contributed by atoms with Gasteiger partial charge in [-0.05, 0) is 74.2 Å². The van der Waals surface area contributed by atoms with Gasteiger partial charge >= 0.3 is 0 Å². The molecule has 0 saturated carbocycles. The second kappa shape index (κ2) is 10.7. The smallest absolute Gasteiger partial charge is 0.244 e. The monoisotopic (exact) mass is 538 g/mol. The predicted molar refractivity (Wildman–Crippen MR) is 140 cm³/mol. The van der Waals surface area contributed by atoms with Crippen LogP contribution in [-0.2, 0) is 21.4 Å². The molecule has 0 spiro atoms. The van der Waals surface area contributed by atoms with Gasteiger partial charge in [0.15, 0.2) is 0 Å². The minimum absolute atomic E-state index is 0.0616. The van der Waals surface area contributed by atoms with Gasteiger partial charge in [-0.15, -0.1) is 0 Å². The lowest BCUT2D eigenvalue weighted by atomic mass is 10.1. The molecule has 3 aromatic rings. The summed E-state index contributed by atoms with van der Waals surface area (Å²) in [6.45, 7) is 6.77. The third-order valence-corrected chi connectivity index (χ3v) is 8.41. The fourth-order valence-corrected chi connectivity index (χ4v) is 6.14. The molecular weight excluding hydrogens is 515 g/mol. The Labute approximate surface area is 215 Å². The normalized spacial score (nSPS) is 11.6. The number of hydrogen-bond donors (Lipinski definition) is 1.